The molecule has 0 aliphatic carbocycles. The van der Waals surface area contributed by atoms with E-state index in [9.17, 15) is 14.4 Å². The van der Waals surface area contributed by atoms with Crippen LogP contribution in [0.5, 0.6) is 0 Å². The first-order chi connectivity index (χ1) is 12.5. The van der Waals surface area contributed by atoms with Crippen LogP contribution in [0.15, 0.2) is 55.0 Å². The van der Waals surface area contributed by atoms with Crippen LogP contribution in [-0.4, -0.2) is 44.4 Å². The maximum Gasteiger partial charge on any atom is 0.261 e. The molecular formula is C18H13N5O3. The third-order valence-corrected chi connectivity index (χ3v) is 4.10. The first-order valence-corrected chi connectivity index (χ1v) is 7.78. The first kappa shape index (κ1) is 15.7. The molecule has 1 aromatic carbocycles. The number of anilines is 1. The Kier molecular flexibility index (Phi) is 3.58. The zero-order valence-electron chi connectivity index (χ0n) is 13.7. The molecule has 0 saturated heterocycles. The Balaban J connectivity index is 1.54. The van der Waals surface area contributed by atoms with Crippen molar-refractivity contribution < 1.29 is 14.4 Å². The molecule has 0 fully saturated rings. The minimum Gasteiger partial charge on any atom is -0.321 e. The van der Waals surface area contributed by atoms with Crippen molar-refractivity contribution >= 4 is 23.4 Å². The zero-order valence-corrected chi connectivity index (χ0v) is 13.7. The Morgan fingerprint density at radius 2 is 1.88 bits per heavy atom. The largest absolute Gasteiger partial charge is 0.321 e. The summed E-state index contributed by atoms with van der Waals surface area (Å²) >= 11 is 0. The van der Waals surface area contributed by atoms with Gasteiger partial charge in [-0.2, -0.15) is 5.10 Å². The van der Waals surface area contributed by atoms with Crippen molar-refractivity contribution in [3.8, 4) is 5.82 Å². The molecule has 3 aromatic rings. The molecule has 4 rings (SSSR count). The predicted molar refractivity (Wildman–Crippen MR) is 92.2 cm³/mol. The van der Waals surface area contributed by atoms with Gasteiger partial charge in [0.2, 0.25) is 0 Å². The van der Waals surface area contributed by atoms with E-state index in [4.69, 9.17) is 0 Å². The predicted octanol–water partition coefficient (Wildman–Crippen LogP) is 1.75. The van der Waals surface area contributed by atoms with Gasteiger partial charge in [0.15, 0.2) is 5.82 Å². The van der Waals surface area contributed by atoms with E-state index < -0.39 is 11.8 Å². The molecule has 8 heteroatoms. The molecule has 0 atom stereocenters. The number of pyridine rings is 1. The van der Waals surface area contributed by atoms with Crippen molar-refractivity contribution in [3.63, 3.8) is 0 Å². The highest BCUT2D eigenvalue weighted by atomic mass is 16.2. The van der Waals surface area contributed by atoms with Crippen molar-refractivity contribution in [1.82, 2.24) is 19.7 Å². The van der Waals surface area contributed by atoms with Crippen LogP contribution >= 0.6 is 0 Å². The standard InChI is InChI=1S/C18H13N5O3/c1-22-17(25)13-5-3-11(9-14(13)18(22)26)16(24)21-12-4-6-15(19-10-12)23-8-2-7-20-23/h2-10H,1H3,(H,21,24). The molecule has 1 aliphatic heterocycles. The summed E-state index contributed by atoms with van der Waals surface area (Å²) in [6.45, 7) is 0. The smallest absolute Gasteiger partial charge is 0.261 e. The van der Waals surface area contributed by atoms with E-state index in [1.165, 1.54) is 31.4 Å². The number of rotatable bonds is 3. The van der Waals surface area contributed by atoms with Crippen LogP contribution in [0, 0.1) is 0 Å². The van der Waals surface area contributed by atoms with Gasteiger partial charge in [-0.25, -0.2) is 9.67 Å². The fourth-order valence-electron chi connectivity index (χ4n) is 2.71. The number of nitrogens with zero attached hydrogens (tertiary/aromatic N) is 4. The second kappa shape index (κ2) is 5.92. The van der Waals surface area contributed by atoms with Crippen LogP contribution in [0.4, 0.5) is 5.69 Å². The molecule has 3 heterocycles. The fourth-order valence-corrected chi connectivity index (χ4v) is 2.71. The third kappa shape index (κ3) is 2.53. The van der Waals surface area contributed by atoms with Gasteiger partial charge in [0.05, 0.1) is 23.0 Å². The Morgan fingerprint density at radius 3 is 2.58 bits per heavy atom. The molecule has 0 saturated carbocycles. The van der Waals surface area contributed by atoms with Crippen molar-refractivity contribution in [1.29, 1.82) is 0 Å². The molecule has 3 amide bonds. The summed E-state index contributed by atoms with van der Waals surface area (Å²) < 4.78 is 1.60. The molecule has 0 bridgehead atoms. The van der Waals surface area contributed by atoms with Gasteiger partial charge >= 0.3 is 0 Å². The van der Waals surface area contributed by atoms with Gasteiger partial charge in [-0.1, -0.05) is 0 Å². The van der Waals surface area contributed by atoms with E-state index in [0.717, 1.165) is 4.90 Å². The number of imide groups is 1. The van der Waals surface area contributed by atoms with Gasteiger partial charge in [0.1, 0.15) is 0 Å². The van der Waals surface area contributed by atoms with Crippen molar-refractivity contribution in [3.05, 3.63) is 71.7 Å². The minimum atomic E-state index is -0.412. The van der Waals surface area contributed by atoms with E-state index in [0.29, 0.717) is 17.1 Å². The van der Waals surface area contributed by atoms with Gasteiger partial charge in [-0.15, -0.1) is 0 Å². The summed E-state index contributed by atoms with van der Waals surface area (Å²) in [7, 11) is 1.41. The summed E-state index contributed by atoms with van der Waals surface area (Å²) in [4.78, 5) is 41.6. The third-order valence-electron chi connectivity index (χ3n) is 4.10. The van der Waals surface area contributed by atoms with Crippen LogP contribution in [0.3, 0.4) is 0 Å². The summed E-state index contributed by atoms with van der Waals surface area (Å²) in [5.74, 6) is -0.547. The number of nitrogens with one attached hydrogen (secondary N) is 1. The SMILES string of the molecule is CN1C(=O)c2ccc(C(=O)Nc3ccc(-n4cccn4)nc3)cc2C1=O. The lowest BCUT2D eigenvalue weighted by molar-refractivity contribution is 0.0693. The van der Waals surface area contributed by atoms with Crippen LogP contribution in [0.1, 0.15) is 31.1 Å². The van der Waals surface area contributed by atoms with Gasteiger partial charge in [-0.05, 0) is 36.4 Å². The average Bonchev–Trinajstić information content (AvgIpc) is 3.27. The van der Waals surface area contributed by atoms with Gasteiger partial charge in [0.25, 0.3) is 17.7 Å². The van der Waals surface area contributed by atoms with Gasteiger partial charge < -0.3 is 5.32 Å². The fraction of sp³-hybridized carbons (Fsp3) is 0.0556. The monoisotopic (exact) mass is 347 g/mol. The lowest BCUT2D eigenvalue weighted by Gasteiger charge is -2.07. The van der Waals surface area contributed by atoms with Gasteiger partial charge in [-0.3, -0.25) is 19.3 Å². The lowest BCUT2D eigenvalue weighted by atomic mass is 10.1. The first-order valence-electron chi connectivity index (χ1n) is 7.78. The van der Waals surface area contributed by atoms with Crippen LogP contribution < -0.4 is 5.32 Å². The Bertz CT molecular complexity index is 1030. The molecule has 1 aliphatic rings. The molecule has 2 aromatic heterocycles. The van der Waals surface area contributed by atoms with Crippen molar-refractivity contribution in [2.75, 3.05) is 12.4 Å². The van der Waals surface area contributed by atoms with Crippen molar-refractivity contribution in [2.24, 2.45) is 0 Å². The molecule has 1 N–H and O–H groups in total. The molecule has 0 unspecified atom stereocenters. The average molecular weight is 347 g/mol. The summed E-state index contributed by atoms with van der Waals surface area (Å²) in [6, 6.07) is 9.66. The second-order valence-electron chi connectivity index (χ2n) is 5.74. The summed E-state index contributed by atoms with van der Waals surface area (Å²) in [6.07, 6.45) is 4.93. The van der Waals surface area contributed by atoms with Gasteiger partial charge in [0, 0.05) is 25.0 Å². The number of hydrogen-bond acceptors (Lipinski definition) is 5. The summed E-state index contributed by atoms with van der Waals surface area (Å²) in [5.41, 5.74) is 1.33. The molecule has 0 spiro atoms. The van der Waals surface area contributed by atoms with Crippen LogP contribution in [0.25, 0.3) is 5.82 Å². The van der Waals surface area contributed by atoms with Crippen LogP contribution in [0.2, 0.25) is 0 Å². The maximum absolute atomic E-state index is 12.4. The second-order valence-corrected chi connectivity index (χ2v) is 5.74. The highest BCUT2D eigenvalue weighted by molar-refractivity contribution is 6.22. The normalized spacial score (nSPS) is 13.0. The Hall–Kier alpha value is -3.81. The van der Waals surface area contributed by atoms with E-state index in [2.05, 4.69) is 15.4 Å². The topological polar surface area (TPSA) is 97.2 Å². The minimum absolute atomic E-state index is 0.234. The number of fused-ring (bicyclic) bond motifs is 1. The Labute approximate surface area is 148 Å². The lowest BCUT2D eigenvalue weighted by Crippen LogP contribution is -2.24. The quantitative estimate of drug-likeness (QED) is 0.728. The number of carbonyl (C=O) groups is 3. The number of amides is 3. The Morgan fingerprint density at radius 1 is 1.08 bits per heavy atom. The van der Waals surface area contributed by atoms with E-state index in [-0.39, 0.29) is 17.0 Å². The maximum atomic E-state index is 12.4. The molecule has 0 radical (unpaired) electrons. The highest BCUT2D eigenvalue weighted by Gasteiger charge is 2.33. The zero-order chi connectivity index (χ0) is 18.3. The summed E-state index contributed by atoms with van der Waals surface area (Å²) in [5, 5.41) is 6.80. The number of carbonyl (C=O) groups excluding carboxylic acids is 3. The van der Waals surface area contributed by atoms with E-state index in [1.54, 1.807) is 35.3 Å². The number of aromatic nitrogens is 3. The van der Waals surface area contributed by atoms with E-state index >= 15 is 0 Å². The number of hydrogen-bond donors (Lipinski definition) is 1. The van der Waals surface area contributed by atoms with Crippen molar-refractivity contribution in [2.45, 2.75) is 0 Å². The molecule has 128 valence electrons. The molecule has 8 nitrogen and oxygen atoms in total. The van der Waals surface area contributed by atoms with Crippen LogP contribution in [-0.2, 0) is 0 Å². The highest BCUT2D eigenvalue weighted by Crippen LogP contribution is 2.23. The number of benzene rings is 1. The molecular weight excluding hydrogens is 334 g/mol. The molecule has 26 heavy (non-hydrogen) atoms. The van der Waals surface area contributed by atoms with E-state index in [1.807, 2.05) is 0 Å².